The van der Waals surface area contributed by atoms with Crippen molar-refractivity contribution in [3.63, 3.8) is 0 Å². The number of hydrogen-bond acceptors (Lipinski definition) is 6. The van der Waals surface area contributed by atoms with E-state index >= 15 is 0 Å². The van der Waals surface area contributed by atoms with Crippen molar-refractivity contribution in [2.24, 2.45) is 0 Å². The van der Waals surface area contributed by atoms with Crippen molar-refractivity contribution in [1.82, 2.24) is 0 Å². The second kappa shape index (κ2) is 49.5. The standard InChI is InChI=1S/C55H94O6/c1-4-7-10-13-16-19-22-25-27-29-30-33-36-39-42-45-48-54(57)60-51-52(50-59-53(56)47-44-41-38-35-32-24-21-18-15-12-9-6-3)61-55(58)49-46-43-40-37-34-31-28-26-23-20-17-14-11-8-5-2/h7,10,16,18-21,23,25,27,30,33,52H,4-6,8-9,11-15,17,22,24,26,28-29,31-32,34-51H2,1-3H3/b10-7-,19-16-,21-18-,23-20-,27-25-,33-30-. The predicted molar refractivity (Wildman–Crippen MR) is 261 cm³/mol. The number of rotatable bonds is 45. The van der Waals surface area contributed by atoms with E-state index in [4.69, 9.17) is 14.2 Å². The van der Waals surface area contributed by atoms with Crippen molar-refractivity contribution in [2.75, 3.05) is 13.2 Å². The molecule has 0 bridgehead atoms. The zero-order chi connectivity index (χ0) is 44.4. The summed E-state index contributed by atoms with van der Waals surface area (Å²) in [5.41, 5.74) is 0. The van der Waals surface area contributed by atoms with Crippen molar-refractivity contribution in [1.29, 1.82) is 0 Å². The van der Waals surface area contributed by atoms with Crippen LogP contribution in [0, 0.1) is 0 Å². The highest BCUT2D eigenvalue weighted by Crippen LogP contribution is 2.14. The highest BCUT2D eigenvalue weighted by Gasteiger charge is 2.19. The zero-order valence-electron chi connectivity index (χ0n) is 39.9. The van der Waals surface area contributed by atoms with E-state index in [9.17, 15) is 14.4 Å². The average molecular weight is 851 g/mol. The molecule has 0 aromatic rings. The third-order valence-electron chi connectivity index (χ3n) is 10.7. The lowest BCUT2D eigenvalue weighted by molar-refractivity contribution is -0.167. The van der Waals surface area contributed by atoms with Gasteiger partial charge in [-0.25, -0.2) is 0 Å². The van der Waals surface area contributed by atoms with E-state index in [0.29, 0.717) is 19.3 Å². The minimum atomic E-state index is -0.793. The first-order valence-corrected chi connectivity index (χ1v) is 25.4. The topological polar surface area (TPSA) is 78.9 Å². The fourth-order valence-electron chi connectivity index (χ4n) is 6.83. The highest BCUT2D eigenvalue weighted by molar-refractivity contribution is 5.71. The molecule has 0 heterocycles. The molecule has 1 atom stereocenters. The quantitative estimate of drug-likeness (QED) is 0.0263. The Morgan fingerprint density at radius 1 is 0.344 bits per heavy atom. The molecule has 0 saturated carbocycles. The summed E-state index contributed by atoms with van der Waals surface area (Å²) in [5.74, 6) is -0.937. The summed E-state index contributed by atoms with van der Waals surface area (Å²) in [4.78, 5) is 37.9. The van der Waals surface area contributed by atoms with Gasteiger partial charge in [0, 0.05) is 19.3 Å². The molecule has 0 N–H and O–H groups in total. The Morgan fingerprint density at radius 3 is 1.07 bits per heavy atom. The normalized spacial score (nSPS) is 12.6. The number of carbonyl (C=O) groups is 3. The van der Waals surface area contributed by atoms with E-state index in [1.54, 1.807) is 0 Å². The molecule has 0 fully saturated rings. The van der Waals surface area contributed by atoms with Gasteiger partial charge in [-0.1, -0.05) is 184 Å². The summed E-state index contributed by atoms with van der Waals surface area (Å²) in [6.07, 6.45) is 61.6. The molecular formula is C55H94O6. The lowest BCUT2D eigenvalue weighted by Gasteiger charge is -2.18. The van der Waals surface area contributed by atoms with E-state index in [0.717, 1.165) is 96.3 Å². The molecule has 61 heavy (non-hydrogen) atoms. The Bertz CT molecular complexity index is 1160. The van der Waals surface area contributed by atoms with E-state index in [1.807, 2.05) is 0 Å². The number of unbranched alkanes of at least 4 members (excludes halogenated alkanes) is 22. The first kappa shape index (κ1) is 57.9. The smallest absolute Gasteiger partial charge is 0.306 e. The molecule has 0 aromatic carbocycles. The van der Waals surface area contributed by atoms with Crippen LogP contribution in [0.25, 0.3) is 0 Å². The fourth-order valence-corrected chi connectivity index (χ4v) is 6.83. The SMILES string of the molecule is CC/C=C\C/C=C\C/C=C\C/C=C\CCCCCC(=O)OCC(COC(=O)CCCCCCC/C=C\CCCCC)OC(=O)CCCCCCCCC/C=C\CCCCCC. The van der Waals surface area contributed by atoms with Crippen molar-refractivity contribution >= 4 is 17.9 Å². The molecule has 0 saturated heterocycles. The highest BCUT2D eigenvalue weighted by atomic mass is 16.6. The number of carbonyl (C=O) groups excluding carboxylic acids is 3. The first-order valence-electron chi connectivity index (χ1n) is 25.4. The maximum atomic E-state index is 12.8. The molecule has 0 radical (unpaired) electrons. The zero-order valence-corrected chi connectivity index (χ0v) is 39.9. The Morgan fingerprint density at radius 2 is 0.639 bits per heavy atom. The molecule has 0 aliphatic carbocycles. The lowest BCUT2D eigenvalue weighted by Crippen LogP contribution is -2.30. The van der Waals surface area contributed by atoms with Gasteiger partial charge in [0.05, 0.1) is 0 Å². The Balaban J connectivity index is 4.45. The fraction of sp³-hybridized carbons (Fsp3) is 0.727. The molecule has 6 heteroatoms. The monoisotopic (exact) mass is 851 g/mol. The van der Waals surface area contributed by atoms with E-state index in [2.05, 4.69) is 93.7 Å². The first-order chi connectivity index (χ1) is 30.0. The second-order valence-electron chi connectivity index (χ2n) is 16.7. The molecule has 6 nitrogen and oxygen atoms in total. The van der Waals surface area contributed by atoms with Gasteiger partial charge in [-0.05, 0) is 109 Å². The predicted octanol–water partition coefficient (Wildman–Crippen LogP) is 16.6. The van der Waals surface area contributed by atoms with Gasteiger partial charge >= 0.3 is 17.9 Å². The van der Waals surface area contributed by atoms with Crippen LogP contribution in [-0.2, 0) is 28.6 Å². The molecule has 0 aliphatic heterocycles. The summed E-state index contributed by atoms with van der Waals surface area (Å²) < 4.78 is 16.7. The summed E-state index contributed by atoms with van der Waals surface area (Å²) >= 11 is 0. The minimum absolute atomic E-state index is 0.0919. The van der Waals surface area contributed by atoms with Gasteiger partial charge in [0.1, 0.15) is 13.2 Å². The molecular weight excluding hydrogens is 757 g/mol. The van der Waals surface area contributed by atoms with Gasteiger partial charge in [0.15, 0.2) is 6.10 Å². The van der Waals surface area contributed by atoms with Crippen molar-refractivity contribution < 1.29 is 28.6 Å². The maximum absolute atomic E-state index is 12.8. The van der Waals surface area contributed by atoms with Crippen LogP contribution in [0.3, 0.4) is 0 Å². The maximum Gasteiger partial charge on any atom is 0.306 e. The third-order valence-corrected chi connectivity index (χ3v) is 10.7. The number of hydrogen-bond donors (Lipinski definition) is 0. The molecule has 1 unspecified atom stereocenters. The molecule has 0 spiro atoms. The lowest BCUT2D eigenvalue weighted by atomic mass is 10.1. The molecule has 0 amide bonds. The Labute approximate surface area is 376 Å². The van der Waals surface area contributed by atoms with Crippen LogP contribution in [-0.4, -0.2) is 37.2 Å². The molecule has 0 aromatic heterocycles. The summed E-state index contributed by atoms with van der Waals surface area (Å²) in [6.45, 7) is 6.45. The molecule has 350 valence electrons. The van der Waals surface area contributed by atoms with E-state index < -0.39 is 6.10 Å². The van der Waals surface area contributed by atoms with Gasteiger partial charge in [0.25, 0.3) is 0 Å². The van der Waals surface area contributed by atoms with Crippen molar-refractivity contribution in [3.8, 4) is 0 Å². The summed E-state index contributed by atoms with van der Waals surface area (Å²) in [7, 11) is 0. The van der Waals surface area contributed by atoms with Crippen LogP contribution in [0.5, 0.6) is 0 Å². The minimum Gasteiger partial charge on any atom is -0.462 e. The van der Waals surface area contributed by atoms with Gasteiger partial charge < -0.3 is 14.2 Å². The van der Waals surface area contributed by atoms with Gasteiger partial charge in [-0.15, -0.1) is 0 Å². The number of allylic oxidation sites excluding steroid dienone is 12. The van der Waals surface area contributed by atoms with Crippen LogP contribution < -0.4 is 0 Å². The van der Waals surface area contributed by atoms with Crippen LogP contribution in [0.4, 0.5) is 0 Å². The molecule has 0 aliphatic rings. The van der Waals surface area contributed by atoms with Crippen LogP contribution in [0.2, 0.25) is 0 Å². The van der Waals surface area contributed by atoms with E-state index in [-0.39, 0.29) is 31.1 Å². The Hall–Kier alpha value is -3.15. The third kappa shape index (κ3) is 47.7. The van der Waals surface area contributed by atoms with Gasteiger partial charge in [0.2, 0.25) is 0 Å². The summed E-state index contributed by atoms with van der Waals surface area (Å²) in [6, 6.07) is 0. The largest absolute Gasteiger partial charge is 0.462 e. The van der Waals surface area contributed by atoms with Gasteiger partial charge in [-0.3, -0.25) is 14.4 Å². The van der Waals surface area contributed by atoms with Crippen LogP contribution in [0.1, 0.15) is 239 Å². The number of esters is 3. The average Bonchev–Trinajstić information content (AvgIpc) is 3.26. The summed E-state index contributed by atoms with van der Waals surface area (Å²) in [5, 5.41) is 0. The number of ether oxygens (including phenoxy) is 3. The van der Waals surface area contributed by atoms with Gasteiger partial charge in [-0.2, -0.15) is 0 Å². The van der Waals surface area contributed by atoms with Crippen LogP contribution >= 0.6 is 0 Å². The van der Waals surface area contributed by atoms with E-state index in [1.165, 1.54) is 103 Å². The molecule has 0 rings (SSSR count). The second-order valence-corrected chi connectivity index (χ2v) is 16.7. The Kier molecular flexibility index (Phi) is 46.9. The van der Waals surface area contributed by atoms with Crippen molar-refractivity contribution in [3.05, 3.63) is 72.9 Å². The van der Waals surface area contributed by atoms with Crippen LogP contribution in [0.15, 0.2) is 72.9 Å². The van der Waals surface area contributed by atoms with Crippen molar-refractivity contribution in [2.45, 2.75) is 245 Å².